The lowest BCUT2D eigenvalue weighted by atomic mass is 10.2. The Balaban J connectivity index is 2.33. The fraction of sp³-hybridized carbons (Fsp3) is 0.200. The summed E-state index contributed by atoms with van der Waals surface area (Å²) in [7, 11) is -3.72. The molecule has 0 fully saturated rings. The van der Waals surface area contributed by atoms with Crippen molar-refractivity contribution < 1.29 is 12.8 Å². The highest BCUT2D eigenvalue weighted by Gasteiger charge is 2.24. The molecule has 0 saturated heterocycles. The van der Waals surface area contributed by atoms with Gasteiger partial charge in [0.15, 0.2) is 0 Å². The first-order valence-corrected chi connectivity index (χ1v) is 8.67. The van der Waals surface area contributed by atoms with E-state index in [1.807, 2.05) is 30.3 Å². The van der Waals surface area contributed by atoms with Gasteiger partial charge in [0.05, 0.1) is 9.37 Å². The maximum Gasteiger partial charge on any atom is 0.243 e. The van der Waals surface area contributed by atoms with Crippen LogP contribution in [0.5, 0.6) is 0 Å². The van der Waals surface area contributed by atoms with Crippen molar-refractivity contribution >= 4 is 26.0 Å². The lowest BCUT2D eigenvalue weighted by Gasteiger charge is -2.20. The zero-order chi connectivity index (χ0) is 15.5. The Labute approximate surface area is 132 Å². The molecule has 3 nitrogen and oxygen atoms in total. The van der Waals surface area contributed by atoms with Gasteiger partial charge in [-0.15, -0.1) is 0 Å². The van der Waals surface area contributed by atoms with Crippen molar-refractivity contribution in [3.05, 3.63) is 64.4 Å². The molecule has 0 saturated carbocycles. The third-order valence-corrected chi connectivity index (χ3v) is 5.64. The van der Waals surface area contributed by atoms with Crippen LogP contribution in [0.15, 0.2) is 57.9 Å². The van der Waals surface area contributed by atoms with E-state index in [1.54, 1.807) is 6.92 Å². The third kappa shape index (κ3) is 3.70. The van der Waals surface area contributed by atoms with Gasteiger partial charge in [0.25, 0.3) is 0 Å². The van der Waals surface area contributed by atoms with Crippen molar-refractivity contribution in [1.82, 2.24) is 4.31 Å². The van der Waals surface area contributed by atoms with Crippen LogP contribution < -0.4 is 0 Å². The molecule has 0 unspecified atom stereocenters. The van der Waals surface area contributed by atoms with E-state index < -0.39 is 15.8 Å². The number of hydrogen-bond acceptors (Lipinski definition) is 2. The Morgan fingerprint density at radius 3 is 2.38 bits per heavy atom. The molecule has 0 bridgehead atoms. The van der Waals surface area contributed by atoms with Gasteiger partial charge in [-0.1, -0.05) is 37.3 Å². The van der Waals surface area contributed by atoms with Gasteiger partial charge in [0, 0.05) is 13.1 Å². The SMILES string of the molecule is CCN(Cc1ccccc1)S(=O)(=O)c1ccc(Br)c(F)c1. The average molecular weight is 372 g/mol. The number of benzene rings is 2. The Bertz CT molecular complexity index is 720. The molecule has 0 heterocycles. The normalized spacial score (nSPS) is 11.8. The van der Waals surface area contributed by atoms with E-state index in [0.717, 1.165) is 11.6 Å². The predicted octanol–water partition coefficient (Wildman–Crippen LogP) is 3.80. The maximum absolute atomic E-state index is 13.6. The summed E-state index contributed by atoms with van der Waals surface area (Å²) in [6.07, 6.45) is 0. The Morgan fingerprint density at radius 2 is 1.81 bits per heavy atom. The average Bonchev–Trinajstić information content (AvgIpc) is 2.48. The number of halogens is 2. The minimum absolute atomic E-state index is 0.0408. The number of sulfonamides is 1. The van der Waals surface area contributed by atoms with Crippen molar-refractivity contribution in [2.24, 2.45) is 0 Å². The molecule has 0 radical (unpaired) electrons. The lowest BCUT2D eigenvalue weighted by molar-refractivity contribution is 0.423. The molecule has 2 aromatic carbocycles. The Morgan fingerprint density at radius 1 is 1.14 bits per heavy atom. The van der Waals surface area contributed by atoms with E-state index >= 15 is 0 Å². The molecule has 0 aliphatic rings. The summed E-state index contributed by atoms with van der Waals surface area (Å²) in [5.41, 5.74) is 0.889. The minimum atomic E-state index is -3.72. The summed E-state index contributed by atoms with van der Waals surface area (Å²) < 4.78 is 40.3. The summed E-state index contributed by atoms with van der Waals surface area (Å²) in [5, 5.41) is 0. The number of hydrogen-bond donors (Lipinski definition) is 0. The quantitative estimate of drug-likeness (QED) is 0.801. The van der Waals surface area contributed by atoms with Crippen molar-refractivity contribution in [3.8, 4) is 0 Å². The zero-order valence-corrected chi connectivity index (χ0v) is 13.9. The second-order valence-corrected chi connectivity index (χ2v) is 7.28. The predicted molar refractivity (Wildman–Crippen MR) is 83.8 cm³/mol. The lowest BCUT2D eigenvalue weighted by Crippen LogP contribution is -2.30. The van der Waals surface area contributed by atoms with Gasteiger partial charge in [0.2, 0.25) is 10.0 Å². The van der Waals surface area contributed by atoms with Crippen molar-refractivity contribution in [1.29, 1.82) is 0 Å². The molecule has 0 aliphatic carbocycles. The number of rotatable bonds is 5. The van der Waals surface area contributed by atoms with Crippen LogP contribution >= 0.6 is 15.9 Å². The van der Waals surface area contributed by atoms with Crippen LogP contribution in [-0.4, -0.2) is 19.3 Å². The van der Waals surface area contributed by atoms with Crippen molar-refractivity contribution in [2.75, 3.05) is 6.54 Å². The molecular formula is C15H15BrFNO2S. The van der Waals surface area contributed by atoms with Crippen LogP contribution in [0.3, 0.4) is 0 Å². The van der Waals surface area contributed by atoms with Gasteiger partial charge >= 0.3 is 0 Å². The highest BCUT2D eigenvalue weighted by atomic mass is 79.9. The van der Waals surface area contributed by atoms with E-state index in [4.69, 9.17) is 0 Å². The van der Waals surface area contributed by atoms with E-state index in [9.17, 15) is 12.8 Å². The highest BCUT2D eigenvalue weighted by molar-refractivity contribution is 9.10. The molecule has 0 spiro atoms. The number of nitrogens with zero attached hydrogens (tertiary/aromatic N) is 1. The fourth-order valence-corrected chi connectivity index (χ4v) is 3.64. The van der Waals surface area contributed by atoms with Gasteiger partial charge in [-0.3, -0.25) is 0 Å². The third-order valence-electron chi connectivity index (χ3n) is 3.08. The van der Waals surface area contributed by atoms with Crippen LogP contribution in [0.4, 0.5) is 4.39 Å². The van der Waals surface area contributed by atoms with E-state index in [2.05, 4.69) is 15.9 Å². The maximum atomic E-state index is 13.6. The van der Waals surface area contributed by atoms with Gasteiger partial charge in [-0.2, -0.15) is 4.31 Å². The van der Waals surface area contributed by atoms with Crippen LogP contribution in [0.2, 0.25) is 0 Å². The van der Waals surface area contributed by atoms with Crippen molar-refractivity contribution in [2.45, 2.75) is 18.4 Å². The molecule has 0 aromatic heterocycles. The molecule has 0 aliphatic heterocycles. The topological polar surface area (TPSA) is 37.4 Å². The van der Waals surface area contributed by atoms with Gasteiger partial charge in [-0.05, 0) is 39.7 Å². The van der Waals surface area contributed by atoms with Crippen LogP contribution in [0.1, 0.15) is 12.5 Å². The summed E-state index contributed by atoms with van der Waals surface area (Å²) >= 11 is 3.02. The molecule has 0 N–H and O–H groups in total. The molecule has 2 rings (SSSR count). The molecule has 21 heavy (non-hydrogen) atoms. The molecule has 0 atom stereocenters. The first kappa shape index (κ1) is 16.1. The first-order chi connectivity index (χ1) is 9.95. The monoisotopic (exact) mass is 371 g/mol. The summed E-state index contributed by atoms with van der Waals surface area (Å²) in [4.78, 5) is -0.0408. The second kappa shape index (κ2) is 6.68. The zero-order valence-electron chi connectivity index (χ0n) is 11.5. The van der Waals surface area contributed by atoms with Gasteiger partial charge in [-0.25, -0.2) is 12.8 Å². The molecule has 2 aromatic rings. The molecule has 112 valence electrons. The van der Waals surface area contributed by atoms with Gasteiger partial charge in [0.1, 0.15) is 5.82 Å². The highest BCUT2D eigenvalue weighted by Crippen LogP contribution is 2.23. The van der Waals surface area contributed by atoms with Gasteiger partial charge < -0.3 is 0 Å². The van der Waals surface area contributed by atoms with Crippen LogP contribution in [0, 0.1) is 5.82 Å². The summed E-state index contributed by atoms with van der Waals surface area (Å²) in [5.74, 6) is -0.591. The second-order valence-electron chi connectivity index (χ2n) is 4.49. The summed E-state index contributed by atoms with van der Waals surface area (Å²) in [6, 6.07) is 13.1. The molecule has 0 amide bonds. The summed E-state index contributed by atoms with van der Waals surface area (Å²) in [6.45, 7) is 2.34. The van der Waals surface area contributed by atoms with E-state index in [0.29, 0.717) is 6.54 Å². The van der Waals surface area contributed by atoms with Crippen molar-refractivity contribution in [3.63, 3.8) is 0 Å². The van der Waals surface area contributed by atoms with Crippen LogP contribution in [0.25, 0.3) is 0 Å². The Hall–Kier alpha value is -1.24. The van der Waals surface area contributed by atoms with E-state index in [-0.39, 0.29) is 15.9 Å². The smallest absolute Gasteiger partial charge is 0.207 e. The molecule has 6 heteroatoms. The molecular weight excluding hydrogens is 357 g/mol. The minimum Gasteiger partial charge on any atom is -0.207 e. The van der Waals surface area contributed by atoms with E-state index in [1.165, 1.54) is 16.4 Å². The fourth-order valence-electron chi connectivity index (χ4n) is 1.94. The largest absolute Gasteiger partial charge is 0.243 e. The standard InChI is InChI=1S/C15H15BrFNO2S/c1-2-18(11-12-6-4-3-5-7-12)21(19,20)13-8-9-14(16)15(17)10-13/h3-10H,2,11H2,1H3. The van der Waals surface area contributed by atoms with Crippen LogP contribution in [-0.2, 0) is 16.6 Å². The first-order valence-electron chi connectivity index (χ1n) is 6.44. The Kier molecular flexibility index (Phi) is 5.13.